The molecule has 0 amide bonds. The van der Waals surface area contributed by atoms with Crippen molar-refractivity contribution in [1.29, 1.82) is 0 Å². The van der Waals surface area contributed by atoms with Crippen LogP contribution in [0.4, 0.5) is 0 Å². The average molecular weight is 291 g/mol. The van der Waals surface area contributed by atoms with Crippen LogP contribution in [-0.2, 0) is 20.5 Å². The van der Waals surface area contributed by atoms with Crippen LogP contribution in [-0.4, -0.2) is 39.0 Å². The minimum atomic E-state index is -3.27. The molecule has 0 N–H and O–H groups in total. The summed E-state index contributed by atoms with van der Waals surface area (Å²) in [5.41, 5.74) is 0.856. The highest BCUT2D eigenvalue weighted by Gasteiger charge is 2.25. The molecule has 0 atom stereocenters. The molecular formula is C15H17NO3S. The Bertz CT molecular complexity index is 701. The fourth-order valence-electron chi connectivity index (χ4n) is 2.53. The highest BCUT2D eigenvalue weighted by Crippen LogP contribution is 2.22. The molecule has 20 heavy (non-hydrogen) atoms. The van der Waals surface area contributed by atoms with E-state index in [4.69, 9.17) is 4.74 Å². The van der Waals surface area contributed by atoms with E-state index >= 15 is 0 Å². The molecule has 1 saturated heterocycles. The molecule has 1 heterocycles. The lowest BCUT2D eigenvalue weighted by atomic mass is 10.1. The first-order chi connectivity index (χ1) is 9.67. The summed E-state index contributed by atoms with van der Waals surface area (Å²) in [4.78, 5) is 0. The van der Waals surface area contributed by atoms with Gasteiger partial charge in [0.25, 0.3) is 0 Å². The van der Waals surface area contributed by atoms with Crippen molar-refractivity contribution in [2.24, 2.45) is 0 Å². The molecule has 0 unspecified atom stereocenters. The van der Waals surface area contributed by atoms with Crippen molar-refractivity contribution in [1.82, 2.24) is 4.31 Å². The lowest BCUT2D eigenvalue weighted by Gasteiger charge is -2.26. The highest BCUT2D eigenvalue weighted by atomic mass is 32.2. The standard InChI is InChI=1S/C15H17NO3S/c17-20(18,16-8-10-19-11-9-16)12-14-6-3-5-13-4-1-2-7-15(13)14/h1-7H,8-12H2. The number of nitrogens with zero attached hydrogens (tertiary/aromatic N) is 1. The zero-order chi connectivity index (χ0) is 14.0. The van der Waals surface area contributed by atoms with Gasteiger partial charge in [-0.05, 0) is 16.3 Å². The summed E-state index contributed by atoms with van der Waals surface area (Å²) >= 11 is 0. The van der Waals surface area contributed by atoms with Gasteiger partial charge in [-0.2, -0.15) is 4.31 Å². The fourth-order valence-corrected chi connectivity index (χ4v) is 4.06. The number of ether oxygens (including phenoxy) is 1. The van der Waals surface area contributed by atoms with E-state index in [0.29, 0.717) is 26.3 Å². The largest absolute Gasteiger partial charge is 0.379 e. The molecule has 0 aliphatic carbocycles. The first-order valence-corrected chi connectivity index (χ1v) is 8.30. The minimum Gasteiger partial charge on any atom is -0.379 e. The lowest BCUT2D eigenvalue weighted by molar-refractivity contribution is 0.0730. The molecule has 0 bridgehead atoms. The summed E-state index contributed by atoms with van der Waals surface area (Å²) in [5, 5.41) is 2.08. The van der Waals surface area contributed by atoms with Crippen molar-refractivity contribution in [2.75, 3.05) is 26.3 Å². The van der Waals surface area contributed by atoms with Crippen LogP contribution in [0.15, 0.2) is 42.5 Å². The predicted octanol–water partition coefficient (Wildman–Crippen LogP) is 2.00. The van der Waals surface area contributed by atoms with Gasteiger partial charge in [0.2, 0.25) is 10.0 Å². The maximum Gasteiger partial charge on any atom is 0.218 e. The predicted molar refractivity (Wildman–Crippen MR) is 79.0 cm³/mol. The Morgan fingerprint density at radius 3 is 2.50 bits per heavy atom. The van der Waals surface area contributed by atoms with Crippen molar-refractivity contribution in [3.8, 4) is 0 Å². The molecule has 3 rings (SSSR count). The van der Waals surface area contributed by atoms with E-state index in [1.54, 1.807) is 0 Å². The number of hydrogen-bond acceptors (Lipinski definition) is 3. The molecule has 1 aliphatic heterocycles. The highest BCUT2D eigenvalue weighted by molar-refractivity contribution is 7.88. The third kappa shape index (κ3) is 2.70. The summed E-state index contributed by atoms with van der Waals surface area (Å²) in [7, 11) is -3.27. The second kappa shape index (κ2) is 5.52. The van der Waals surface area contributed by atoms with Crippen LogP contribution in [0.2, 0.25) is 0 Å². The van der Waals surface area contributed by atoms with Gasteiger partial charge in [-0.3, -0.25) is 0 Å². The molecule has 0 aromatic heterocycles. The van der Waals surface area contributed by atoms with Gasteiger partial charge in [-0.1, -0.05) is 42.5 Å². The molecule has 1 aliphatic rings. The van der Waals surface area contributed by atoms with Crippen LogP contribution in [0.5, 0.6) is 0 Å². The van der Waals surface area contributed by atoms with Crippen molar-refractivity contribution in [2.45, 2.75) is 5.75 Å². The Morgan fingerprint density at radius 1 is 1.00 bits per heavy atom. The number of sulfonamides is 1. The number of benzene rings is 2. The number of morpholine rings is 1. The fraction of sp³-hybridized carbons (Fsp3) is 0.333. The minimum absolute atomic E-state index is 0.0500. The SMILES string of the molecule is O=S(=O)(Cc1cccc2ccccc12)N1CCOCC1. The van der Waals surface area contributed by atoms with Gasteiger partial charge in [0.05, 0.1) is 19.0 Å². The molecule has 0 saturated carbocycles. The third-order valence-electron chi connectivity index (χ3n) is 3.58. The Labute approximate surface area is 119 Å². The van der Waals surface area contributed by atoms with Crippen molar-refractivity contribution in [3.05, 3.63) is 48.0 Å². The third-order valence-corrected chi connectivity index (χ3v) is 5.41. The first kappa shape index (κ1) is 13.5. The molecule has 1 fully saturated rings. The van der Waals surface area contributed by atoms with Crippen molar-refractivity contribution in [3.63, 3.8) is 0 Å². The Morgan fingerprint density at radius 2 is 1.70 bits per heavy atom. The van der Waals surface area contributed by atoms with Crippen LogP contribution in [0.1, 0.15) is 5.56 Å². The molecule has 0 spiro atoms. The van der Waals surface area contributed by atoms with Gasteiger partial charge in [0, 0.05) is 13.1 Å². The quantitative estimate of drug-likeness (QED) is 0.869. The molecule has 4 nitrogen and oxygen atoms in total. The maximum atomic E-state index is 12.5. The second-order valence-corrected chi connectivity index (χ2v) is 6.87. The van der Waals surface area contributed by atoms with Crippen LogP contribution >= 0.6 is 0 Å². The van der Waals surface area contributed by atoms with Crippen LogP contribution in [0.3, 0.4) is 0 Å². The van der Waals surface area contributed by atoms with Gasteiger partial charge < -0.3 is 4.74 Å². The van der Waals surface area contributed by atoms with Gasteiger partial charge >= 0.3 is 0 Å². The molecular weight excluding hydrogens is 274 g/mol. The Balaban J connectivity index is 1.92. The summed E-state index contributed by atoms with van der Waals surface area (Å²) in [6, 6.07) is 13.7. The molecule has 2 aromatic carbocycles. The van der Waals surface area contributed by atoms with E-state index in [1.165, 1.54) is 4.31 Å². The van der Waals surface area contributed by atoms with E-state index < -0.39 is 10.0 Å². The van der Waals surface area contributed by atoms with Crippen molar-refractivity contribution < 1.29 is 13.2 Å². The van der Waals surface area contributed by atoms with Gasteiger partial charge in [0.15, 0.2) is 0 Å². The Kier molecular flexibility index (Phi) is 3.74. The monoisotopic (exact) mass is 291 g/mol. The number of rotatable bonds is 3. The topological polar surface area (TPSA) is 46.6 Å². The van der Waals surface area contributed by atoms with Crippen LogP contribution in [0.25, 0.3) is 10.8 Å². The van der Waals surface area contributed by atoms with Gasteiger partial charge in [0.1, 0.15) is 0 Å². The molecule has 106 valence electrons. The van der Waals surface area contributed by atoms with Gasteiger partial charge in [-0.15, -0.1) is 0 Å². The van der Waals surface area contributed by atoms with Crippen LogP contribution < -0.4 is 0 Å². The number of hydrogen-bond donors (Lipinski definition) is 0. The zero-order valence-corrected chi connectivity index (χ0v) is 12.0. The summed E-state index contributed by atoms with van der Waals surface area (Å²) < 4.78 is 31.7. The maximum absolute atomic E-state index is 12.5. The van der Waals surface area contributed by atoms with E-state index in [2.05, 4.69) is 0 Å². The Hall–Kier alpha value is -1.43. The van der Waals surface area contributed by atoms with E-state index in [0.717, 1.165) is 16.3 Å². The normalized spacial score (nSPS) is 17.4. The van der Waals surface area contributed by atoms with Gasteiger partial charge in [-0.25, -0.2) is 8.42 Å². The first-order valence-electron chi connectivity index (χ1n) is 6.69. The summed E-state index contributed by atoms with van der Waals surface area (Å²) in [6.45, 7) is 1.86. The average Bonchev–Trinajstić information content (AvgIpc) is 2.48. The summed E-state index contributed by atoms with van der Waals surface area (Å²) in [5.74, 6) is 0.0500. The van der Waals surface area contributed by atoms with E-state index in [-0.39, 0.29) is 5.75 Å². The van der Waals surface area contributed by atoms with Crippen molar-refractivity contribution >= 4 is 20.8 Å². The van der Waals surface area contributed by atoms with E-state index in [1.807, 2.05) is 42.5 Å². The second-order valence-electron chi connectivity index (χ2n) is 4.91. The lowest BCUT2D eigenvalue weighted by Crippen LogP contribution is -2.41. The molecule has 2 aromatic rings. The van der Waals surface area contributed by atoms with Crippen LogP contribution in [0, 0.1) is 0 Å². The zero-order valence-electron chi connectivity index (χ0n) is 11.2. The van der Waals surface area contributed by atoms with E-state index in [9.17, 15) is 8.42 Å². The number of fused-ring (bicyclic) bond motifs is 1. The summed E-state index contributed by atoms with van der Waals surface area (Å²) in [6.07, 6.45) is 0. The molecule has 0 radical (unpaired) electrons. The smallest absolute Gasteiger partial charge is 0.218 e. The molecule has 5 heteroatoms.